The van der Waals surface area contributed by atoms with Gasteiger partial charge in [-0.05, 0) is 75.8 Å². The number of hydrogen-bond acceptors (Lipinski definition) is 7. The molecule has 3 aromatic carbocycles. The van der Waals surface area contributed by atoms with Crippen molar-refractivity contribution in [3.63, 3.8) is 0 Å². The van der Waals surface area contributed by atoms with Crippen LogP contribution in [-0.2, 0) is 13.2 Å². The molecule has 0 saturated carbocycles. The predicted octanol–water partition coefficient (Wildman–Crippen LogP) is 4.48. The molecule has 0 radical (unpaired) electrons. The summed E-state index contributed by atoms with van der Waals surface area (Å²) in [5, 5.41) is 32.6. The van der Waals surface area contributed by atoms with Gasteiger partial charge in [-0.25, -0.2) is 4.98 Å². The quantitative estimate of drug-likeness (QED) is 0.381. The third-order valence-corrected chi connectivity index (χ3v) is 6.70. The first-order valence-corrected chi connectivity index (χ1v) is 11.5. The van der Waals surface area contributed by atoms with Crippen molar-refractivity contribution in [3.8, 4) is 22.6 Å². The molecule has 3 N–H and O–H groups in total. The van der Waals surface area contributed by atoms with E-state index in [1.807, 2.05) is 54.6 Å². The first-order chi connectivity index (χ1) is 17.1. The average Bonchev–Trinajstić information content (AvgIpc) is 2.91. The van der Waals surface area contributed by atoms with Gasteiger partial charge in [0.1, 0.15) is 5.82 Å². The molecule has 0 amide bonds. The van der Waals surface area contributed by atoms with Crippen LogP contribution in [0.25, 0.3) is 21.9 Å². The van der Waals surface area contributed by atoms with Gasteiger partial charge in [-0.2, -0.15) is 0 Å². The Bertz CT molecular complexity index is 1380. The summed E-state index contributed by atoms with van der Waals surface area (Å²) in [5.74, 6) is 1.91. The molecule has 5 rings (SSSR count). The van der Waals surface area contributed by atoms with Crippen molar-refractivity contribution < 1.29 is 24.8 Å². The average molecular weight is 473 g/mol. The number of rotatable bonds is 6. The van der Waals surface area contributed by atoms with Gasteiger partial charge in [-0.15, -0.1) is 0 Å². The minimum atomic E-state index is -0.501. The molecule has 1 aliphatic heterocycles. The van der Waals surface area contributed by atoms with E-state index in [2.05, 4.69) is 9.88 Å². The Balaban J connectivity index is 1.73. The minimum absolute atomic E-state index is 0.206. The van der Waals surface area contributed by atoms with Gasteiger partial charge in [0.2, 0.25) is 0 Å². The van der Waals surface area contributed by atoms with Gasteiger partial charge >= 0.3 is 0 Å². The normalized spacial score (nSPS) is 15.2. The Morgan fingerprint density at radius 2 is 1.74 bits per heavy atom. The van der Waals surface area contributed by atoms with Gasteiger partial charge in [0.25, 0.3) is 0 Å². The number of hydrogen-bond donors (Lipinski definition) is 3. The lowest BCUT2D eigenvalue weighted by molar-refractivity contribution is 0.165. The predicted molar refractivity (Wildman–Crippen MR) is 135 cm³/mol. The van der Waals surface area contributed by atoms with E-state index in [1.165, 1.54) is 0 Å². The number of aliphatic hydroxyl groups excluding tert-OH is 3. The fourth-order valence-electron chi connectivity index (χ4n) is 4.98. The smallest absolute Gasteiger partial charge is 0.161 e. The highest BCUT2D eigenvalue weighted by Gasteiger charge is 2.25. The molecule has 7 heteroatoms. The lowest BCUT2D eigenvalue weighted by atomic mass is 9.90. The van der Waals surface area contributed by atoms with E-state index < -0.39 is 6.10 Å². The van der Waals surface area contributed by atoms with Gasteiger partial charge in [0, 0.05) is 24.0 Å². The fraction of sp³-hybridized carbons (Fsp3) is 0.250. The zero-order chi connectivity index (χ0) is 24.5. The number of nitrogens with zero attached hydrogens (tertiary/aromatic N) is 2. The van der Waals surface area contributed by atoms with Crippen LogP contribution in [0.4, 0.5) is 11.5 Å². The molecular weight excluding hydrogens is 444 g/mol. The van der Waals surface area contributed by atoms with E-state index in [1.54, 1.807) is 20.4 Å². The van der Waals surface area contributed by atoms with Crippen molar-refractivity contribution in [2.45, 2.75) is 25.7 Å². The Hall–Kier alpha value is -3.65. The summed E-state index contributed by atoms with van der Waals surface area (Å²) in [4.78, 5) is 6.74. The molecule has 0 aliphatic carbocycles. The first kappa shape index (κ1) is 23.1. The number of ether oxygens (including phenoxy) is 2. The number of benzene rings is 3. The third kappa shape index (κ3) is 3.97. The van der Waals surface area contributed by atoms with Crippen LogP contribution in [0.5, 0.6) is 11.5 Å². The van der Waals surface area contributed by atoms with Crippen LogP contribution in [0.1, 0.15) is 29.2 Å². The third-order valence-electron chi connectivity index (χ3n) is 6.70. The van der Waals surface area contributed by atoms with Crippen LogP contribution in [0, 0.1) is 0 Å². The van der Waals surface area contributed by atoms with E-state index in [0.717, 1.165) is 39.0 Å². The molecule has 4 aromatic rings. The van der Waals surface area contributed by atoms with Gasteiger partial charge in [0.15, 0.2) is 11.5 Å². The van der Waals surface area contributed by atoms with Crippen molar-refractivity contribution in [3.05, 3.63) is 77.5 Å². The molecule has 0 unspecified atom stereocenters. The van der Waals surface area contributed by atoms with Crippen molar-refractivity contribution in [2.24, 2.45) is 0 Å². The molecular formula is C28H28N2O5. The van der Waals surface area contributed by atoms with E-state index in [-0.39, 0.29) is 13.2 Å². The van der Waals surface area contributed by atoms with Crippen molar-refractivity contribution in [2.75, 3.05) is 25.7 Å². The number of aliphatic hydroxyl groups is 3. The fourth-order valence-corrected chi connectivity index (χ4v) is 4.98. The number of fused-ring (bicyclic) bond motifs is 2. The molecule has 180 valence electrons. The summed E-state index contributed by atoms with van der Waals surface area (Å²) in [7, 11) is 3.17. The van der Waals surface area contributed by atoms with Gasteiger partial charge in [-0.3, -0.25) is 0 Å². The van der Waals surface area contributed by atoms with Gasteiger partial charge < -0.3 is 29.7 Å². The number of pyridine rings is 1. The zero-order valence-corrected chi connectivity index (χ0v) is 19.7. The van der Waals surface area contributed by atoms with E-state index in [9.17, 15) is 15.3 Å². The maximum absolute atomic E-state index is 10.5. The maximum Gasteiger partial charge on any atom is 0.161 e. The molecule has 0 spiro atoms. The van der Waals surface area contributed by atoms with Crippen LogP contribution in [0.3, 0.4) is 0 Å². The van der Waals surface area contributed by atoms with Crippen molar-refractivity contribution in [1.82, 2.24) is 4.98 Å². The van der Waals surface area contributed by atoms with Crippen LogP contribution >= 0.6 is 0 Å². The highest BCUT2D eigenvalue weighted by Crippen LogP contribution is 2.42. The summed E-state index contributed by atoms with van der Waals surface area (Å²) in [6.07, 6.45) is 1.85. The maximum atomic E-state index is 10.5. The summed E-state index contributed by atoms with van der Waals surface area (Å²) in [5.41, 5.74) is 4.77. The largest absolute Gasteiger partial charge is 0.493 e. The van der Waals surface area contributed by atoms with Gasteiger partial charge in [-0.1, -0.05) is 18.2 Å². The molecule has 1 aromatic heterocycles. The Labute approximate surface area is 203 Å². The Morgan fingerprint density at radius 1 is 0.971 bits per heavy atom. The number of para-hydroxylation sites is 1. The SMILES string of the molecule is COc1cc2cc(CO)c(CO)c(-c3ccnc(N4CC[C@H](O)c5ccccc54)c3)c2cc1OC. The topological polar surface area (TPSA) is 95.3 Å². The molecule has 1 aliphatic rings. The van der Waals surface area contributed by atoms with Crippen LogP contribution < -0.4 is 14.4 Å². The Morgan fingerprint density at radius 3 is 2.49 bits per heavy atom. The monoisotopic (exact) mass is 472 g/mol. The number of methoxy groups -OCH3 is 2. The van der Waals surface area contributed by atoms with Crippen LogP contribution in [-0.4, -0.2) is 41.1 Å². The Kier molecular flexibility index (Phi) is 6.30. The van der Waals surface area contributed by atoms with Crippen molar-refractivity contribution in [1.29, 1.82) is 0 Å². The number of anilines is 2. The van der Waals surface area contributed by atoms with Crippen LogP contribution in [0.2, 0.25) is 0 Å². The number of aromatic nitrogens is 1. The minimum Gasteiger partial charge on any atom is -0.493 e. The van der Waals surface area contributed by atoms with Crippen molar-refractivity contribution >= 4 is 22.3 Å². The lowest BCUT2D eigenvalue weighted by Crippen LogP contribution is -2.27. The standard InChI is InChI=1S/C28H28N2O5/c1-34-25-12-18-11-19(15-31)22(16-32)28(21(18)14-26(25)35-2)17-7-9-29-27(13-17)30-10-8-24(33)20-5-3-4-6-23(20)30/h3-7,9,11-14,24,31-33H,8,10,15-16H2,1-2H3/t24-/m0/s1. The summed E-state index contributed by atoms with van der Waals surface area (Å²) in [6.45, 7) is 0.193. The highest BCUT2D eigenvalue weighted by molar-refractivity contribution is 6.01. The summed E-state index contributed by atoms with van der Waals surface area (Å²) < 4.78 is 11.0. The van der Waals surface area contributed by atoms with Crippen LogP contribution in [0.15, 0.2) is 60.8 Å². The van der Waals surface area contributed by atoms with E-state index in [4.69, 9.17) is 9.47 Å². The second-order valence-corrected chi connectivity index (χ2v) is 8.55. The van der Waals surface area contributed by atoms with Gasteiger partial charge in [0.05, 0.1) is 33.5 Å². The molecule has 7 nitrogen and oxygen atoms in total. The second kappa shape index (κ2) is 9.54. The molecule has 0 fully saturated rings. The molecule has 0 saturated heterocycles. The zero-order valence-electron chi connectivity index (χ0n) is 19.7. The lowest BCUT2D eigenvalue weighted by Gasteiger charge is -2.33. The van der Waals surface area contributed by atoms with E-state index >= 15 is 0 Å². The second-order valence-electron chi connectivity index (χ2n) is 8.55. The molecule has 0 bridgehead atoms. The summed E-state index contributed by atoms with van der Waals surface area (Å²) in [6, 6.07) is 17.4. The first-order valence-electron chi connectivity index (χ1n) is 11.5. The highest BCUT2D eigenvalue weighted by atomic mass is 16.5. The molecule has 35 heavy (non-hydrogen) atoms. The van der Waals surface area contributed by atoms with E-state index in [0.29, 0.717) is 35.6 Å². The molecule has 2 heterocycles. The molecule has 1 atom stereocenters. The summed E-state index contributed by atoms with van der Waals surface area (Å²) >= 11 is 0.